The number of benzene rings is 2. The lowest BCUT2D eigenvalue weighted by molar-refractivity contribution is -0.133. The number of nitrogens with zero attached hydrogens (tertiary/aromatic N) is 2. The number of aryl methyl sites for hydroxylation is 2. The number of hydrogen-bond donors (Lipinski definition) is 1. The molecule has 2 aromatic rings. The number of piperazine rings is 1. The average Bonchev–Trinajstić information content (AvgIpc) is 2.74. The number of carbonyl (C=O) groups excluding carboxylic acids is 2. The summed E-state index contributed by atoms with van der Waals surface area (Å²) in [6.07, 6.45) is 0.444. The van der Waals surface area contributed by atoms with Crippen LogP contribution in [0.3, 0.4) is 0 Å². The van der Waals surface area contributed by atoms with Gasteiger partial charge in [0.25, 0.3) is 0 Å². The Balaban J connectivity index is 1.45. The van der Waals surface area contributed by atoms with Crippen molar-refractivity contribution in [2.45, 2.75) is 39.8 Å². The Morgan fingerprint density at radius 3 is 2.28 bits per heavy atom. The summed E-state index contributed by atoms with van der Waals surface area (Å²) in [5.41, 5.74) is 4.55. The fourth-order valence-electron chi connectivity index (χ4n) is 3.65. The molecule has 1 atom stereocenters. The van der Waals surface area contributed by atoms with E-state index in [0.29, 0.717) is 26.1 Å². The van der Waals surface area contributed by atoms with Gasteiger partial charge in [-0.15, -0.1) is 0 Å². The van der Waals surface area contributed by atoms with E-state index in [1.54, 1.807) is 0 Å². The summed E-state index contributed by atoms with van der Waals surface area (Å²) in [7, 11) is 0. The molecule has 1 saturated heterocycles. The lowest BCUT2D eigenvalue weighted by Gasteiger charge is -2.37. The first-order chi connectivity index (χ1) is 13.9. The van der Waals surface area contributed by atoms with Crippen LogP contribution in [0.5, 0.6) is 0 Å². The largest absolute Gasteiger partial charge is 0.351 e. The Morgan fingerprint density at radius 2 is 1.62 bits per heavy atom. The quantitative estimate of drug-likeness (QED) is 0.821. The molecule has 0 radical (unpaired) electrons. The van der Waals surface area contributed by atoms with Gasteiger partial charge in [0.2, 0.25) is 11.8 Å². The standard InChI is InChI=1S/C24H31N3O2/c1-18-8-10-21(11-9-18)17-25-24(29)20(3)26-12-14-27(15-13-26)23(28)16-22-7-5-4-6-19(22)2/h4-11,20H,12-17H2,1-3H3,(H,25,29). The zero-order valence-electron chi connectivity index (χ0n) is 17.6. The number of nitrogens with one attached hydrogen (secondary N) is 1. The topological polar surface area (TPSA) is 52.7 Å². The lowest BCUT2D eigenvalue weighted by atomic mass is 10.0. The molecule has 0 aromatic heterocycles. The molecule has 1 unspecified atom stereocenters. The van der Waals surface area contributed by atoms with Crippen LogP contribution in [0, 0.1) is 13.8 Å². The summed E-state index contributed by atoms with van der Waals surface area (Å²) in [6.45, 7) is 9.35. The second kappa shape index (κ2) is 9.70. The van der Waals surface area contributed by atoms with E-state index in [0.717, 1.165) is 29.8 Å². The number of rotatable bonds is 6. The summed E-state index contributed by atoms with van der Waals surface area (Å²) < 4.78 is 0. The van der Waals surface area contributed by atoms with Crippen molar-refractivity contribution in [1.82, 2.24) is 15.1 Å². The van der Waals surface area contributed by atoms with Crippen molar-refractivity contribution >= 4 is 11.8 Å². The fraction of sp³-hybridized carbons (Fsp3) is 0.417. The molecule has 0 aliphatic carbocycles. The van der Waals surface area contributed by atoms with Gasteiger partial charge in [0.1, 0.15) is 0 Å². The third kappa shape index (κ3) is 5.67. The van der Waals surface area contributed by atoms with Gasteiger partial charge in [0.15, 0.2) is 0 Å². The number of hydrogen-bond acceptors (Lipinski definition) is 3. The van der Waals surface area contributed by atoms with Crippen molar-refractivity contribution in [2.75, 3.05) is 26.2 Å². The van der Waals surface area contributed by atoms with Crippen molar-refractivity contribution in [3.63, 3.8) is 0 Å². The molecule has 2 amide bonds. The van der Waals surface area contributed by atoms with E-state index in [4.69, 9.17) is 0 Å². The van der Waals surface area contributed by atoms with Crippen LogP contribution in [0.1, 0.15) is 29.2 Å². The summed E-state index contributed by atoms with van der Waals surface area (Å²) >= 11 is 0. The van der Waals surface area contributed by atoms with E-state index in [-0.39, 0.29) is 17.9 Å². The minimum atomic E-state index is -0.200. The first-order valence-corrected chi connectivity index (χ1v) is 10.3. The van der Waals surface area contributed by atoms with Gasteiger partial charge >= 0.3 is 0 Å². The first-order valence-electron chi connectivity index (χ1n) is 10.3. The van der Waals surface area contributed by atoms with Crippen LogP contribution in [0.4, 0.5) is 0 Å². The van der Waals surface area contributed by atoms with Crippen molar-refractivity contribution < 1.29 is 9.59 Å². The Hall–Kier alpha value is -2.66. The number of amides is 2. The molecule has 5 nitrogen and oxygen atoms in total. The fourth-order valence-corrected chi connectivity index (χ4v) is 3.65. The summed E-state index contributed by atoms with van der Waals surface area (Å²) in [5.74, 6) is 0.195. The van der Waals surface area contributed by atoms with Crippen LogP contribution in [0.15, 0.2) is 48.5 Å². The summed E-state index contributed by atoms with van der Waals surface area (Å²) in [5, 5.41) is 3.03. The van der Waals surface area contributed by atoms with Gasteiger partial charge in [-0.05, 0) is 37.5 Å². The Labute approximate surface area is 173 Å². The molecule has 5 heteroatoms. The van der Waals surface area contributed by atoms with E-state index < -0.39 is 0 Å². The molecule has 29 heavy (non-hydrogen) atoms. The van der Waals surface area contributed by atoms with Gasteiger partial charge in [-0.3, -0.25) is 14.5 Å². The monoisotopic (exact) mass is 393 g/mol. The van der Waals surface area contributed by atoms with Crippen LogP contribution < -0.4 is 5.32 Å². The highest BCUT2D eigenvalue weighted by molar-refractivity contribution is 5.81. The number of carbonyl (C=O) groups is 2. The van der Waals surface area contributed by atoms with Crippen molar-refractivity contribution in [3.05, 3.63) is 70.8 Å². The highest BCUT2D eigenvalue weighted by atomic mass is 16.2. The molecule has 1 aliphatic heterocycles. The Morgan fingerprint density at radius 1 is 0.966 bits per heavy atom. The molecule has 2 aromatic carbocycles. The highest BCUT2D eigenvalue weighted by Gasteiger charge is 2.27. The molecule has 154 valence electrons. The summed E-state index contributed by atoms with van der Waals surface area (Å²) in [4.78, 5) is 29.3. The Kier molecular flexibility index (Phi) is 7.04. The van der Waals surface area contributed by atoms with Crippen molar-refractivity contribution in [2.24, 2.45) is 0 Å². The van der Waals surface area contributed by atoms with E-state index in [2.05, 4.69) is 29.3 Å². The zero-order valence-corrected chi connectivity index (χ0v) is 17.6. The second-order valence-electron chi connectivity index (χ2n) is 7.90. The average molecular weight is 394 g/mol. The third-order valence-electron chi connectivity index (χ3n) is 5.78. The van der Waals surface area contributed by atoms with Crippen LogP contribution in [-0.4, -0.2) is 53.8 Å². The van der Waals surface area contributed by atoms with Crippen LogP contribution in [0.2, 0.25) is 0 Å². The van der Waals surface area contributed by atoms with Crippen LogP contribution in [-0.2, 0) is 22.6 Å². The SMILES string of the molecule is Cc1ccc(CNC(=O)C(C)N2CCN(C(=O)Cc3ccccc3C)CC2)cc1. The molecule has 1 N–H and O–H groups in total. The molecule has 1 aliphatic rings. The minimum absolute atomic E-state index is 0.0326. The molecule has 0 bridgehead atoms. The van der Waals surface area contributed by atoms with Gasteiger partial charge in [-0.2, -0.15) is 0 Å². The molecular weight excluding hydrogens is 362 g/mol. The predicted molar refractivity (Wildman–Crippen MR) is 116 cm³/mol. The molecule has 1 heterocycles. The summed E-state index contributed by atoms with van der Waals surface area (Å²) in [6, 6.07) is 16.0. The van der Waals surface area contributed by atoms with Gasteiger partial charge < -0.3 is 10.2 Å². The smallest absolute Gasteiger partial charge is 0.237 e. The van der Waals surface area contributed by atoms with Crippen LogP contribution in [0.25, 0.3) is 0 Å². The molecular formula is C24H31N3O2. The molecule has 3 rings (SSSR count). The maximum Gasteiger partial charge on any atom is 0.237 e. The van der Waals surface area contributed by atoms with Crippen LogP contribution >= 0.6 is 0 Å². The van der Waals surface area contributed by atoms with E-state index in [1.165, 1.54) is 5.56 Å². The van der Waals surface area contributed by atoms with Gasteiger partial charge in [0, 0.05) is 32.7 Å². The predicted octanol–water partition coefficient (Wildman–Crippen LogP) is 2.70. The Bertz CT molecular complexity index is 839. The molecule has 0 spiro atoms. The maximum absolute atomic E-state index is 12.6. The molecule has 0 saturated carbocycles. The van der Waals surface area contributed by atoms with Crippen molar-refractivity contribution in [1.29, 1.82) is 0 Å². The zero-order chi connectivity index (χ0) is 20.8. The lowest BCUT2D eigenvalue weighted by Crippen LogP contribution is -2.55. The van der Waals surface area contributed by atoms with Gasteiger partial charge in [-0.1, -0.05) is 54.1 Å². The second-order valence-corrected chi connectivity index (χ2v) is 7.90. The van der Waals surface area contributed by atoms with E-state index >= 15 is 0 Å². The molecule has 1 fully saturated rings. The normalized spacial score (nSPS) is 15.8. The third-order valence-corrected chi connectivity index (χ3v) is 5.78. The van der Waals surface area contributed by atoms with Gasteiger partial charge in [0.05, 0.1) is 12.5 Å². The first kappa shape index (κ1) is 21.1. The van der Waals surface area contributed by atoms with Gasteiger partial charge in [-0.25, -0.2) is 0 Å². The maximum atomic E-state index is 12.6. The highest BCUT2D eigenvalue weighted by Crippen LogP contribution is 2.12. The minimum Gasteiger partial charge on any atom is -0.351 e. The van der Waals surface area contributed by atoms with E-state index in [9.17, 15) is 9.59 Å². The van der Waals surface area contributed by atoms with E-state index in [1.807, 2.05) is 55.1 Å². The van der Waals surface area contributed by atoms with Crippen molar-refractivity contribution in [3.8, 4) is 0 Å².